The molecule has 1 aliphatic rings. The van der Waals surface area contributed by atoms with Gasteiger partial charge in [-0.25, -0.2) is 0 Å². The molecule has 1 aliphatic heterocycles. The maximum absolute atomic E-state index is 12.0. The van der Waals surface area contributed by atoms with Crippen molar-refractivity contribution in [1.82, 2.24) is 10.2 Å². The third-order valence-corrected chi connectivity index (χ3v) is 3.28. The van der Waals surface area contributed by atoms with Gasteiger partial charge in [0.05, 0.1) is 0 Å². The quantitative estimate of drug-likeness (QED) is 0.807. The Labute approximate surface area is 105 Å². The summed E-state index contributed by atoms with van der Waals surface area (Å²) >= 11 is 0. The third-order valence-electron chi connectivity index (χ3n) is 3.28. The zero-order valence-electron chi connectivity index (χ0n) is 11.7. The summed E-state index contributed by atoms with van der Waals surface area (Å²) in [7, 11) is 1.57. The fourth-order valence-electron chi connectivity index (χ4n) is 2.39. The number of amides is 1. The number of nitrogens with one attached hydrogen (secondary N) is 1. The van der Waals surface area contributed by atoms with E-state index in [4.69, 9.17) is 4.74 Å². The molecular weight excluding hydrogens is 216 g/mol. The van der Waals surface area contributed by atoms with E-state index in [0.717, 1.165) is 19.5 Å². The molecule has 4 nitrogen and oxygen atoms in total. The van der Waals surface area contributed by atoms with Crippen LogP contribution in [0.15, 0.2) is 0 Å². The highest BCUT2D eigenvalue weighted by Gasteiger charge is 2.36. The molecule has 1 heterocycles. The maximum atomic E-state index is 12.0. The number of carbonyl (C=O) groups excluding carboxylic acids is 1. The number of hydrogen-bond donors (Lipinski definition) is 1. The van der Waals surface area contributed by atoms with Crippen LogP contribution in [0.3, 0.4) is 0 Å². The highest BCUT2D eigenvalue weighted by molar-refractivity contribution is 5.78. The molecule has 0 saturated carbocycles. The molecule has 0 aliphatic carbocycles. The summed E-state index contributed by atoms with van der Waals surface area (Å²) in [5, 5.41) is 3.53. The standard InChI is InChI=1S/C13H26N2O2/c1-10(2)6-11-7-15(12(16)8-17-5)13(3,4)9-14-11/h10-11,14H,6-9H2,1-5H3. The predicted octanol–water partition coefficient (Wildman–Crippen LogP) is 1.26. The van der Waals surface area contributed by atoms with Crippen LogP contribution in [-0.2, 0) is 9.53 Å². The fraction of sp³-hybridized carbons (Fsp3) is 0.923. The van der Waals surface area contributed by atoms with Crippen molar-refractivity contribution in [2.24, 2.45) is 5.92 Å². The van der Waals surface area contributed by atoms with Gasteiger partial charge in [-0.15, -0.1) is 0 Å². The molecule has 0 aromatic carbocycles. The monoisotopic (exact) mass is 242 g/mol. The van der Waals surface area contributed by atoms with Gasteiger partial charge < -0.3 is 15.0 Å². The first-order chi connectivity index (χ1) is 7.86. The zero-order valence-corrected chi connectivity index (χ0v) is 11.7. The van der Waals surface area contributed by atoms with E-state index in [9.17, 15) is 4.79 Å². The van der Waals surface area contributed by atoms with Crippen LogP contribution >= 0.6 is 0 Å². The van der Waals surface area contributed by atoms with E-state index in [0.29, 0.717) is 12.0 Å². The van der Waals surface area contributed by atoms with E-state index in [1.54, 1.807) is 7.11 Å². The Kier molecular flexibility index (Phi) is 4.95. The van der Waals surface area contributed by atoms with Gasteiger partial charge in [0, 0.05) is 31.8 Å². The minimum atomic E-state index is -0.122. The molecule has 0 bridgehead atoms. The van der Waals surface area contributed by atoms with Crippen molar-refractivity contribution in [3.8, 4) is 0 Å². The van der Waals surface area contributed by atoms with Crippen LogP contribution < -0.4 is 5.32 Å². The second-order valence-corrected chi connectivity index (χ2v) is 5.96. The molecular formula is C13H26N2O2. The summed E-state index contributed by atoms with van der Waals surface area (Å²) in [4.78, 5) is 14.0. The molecule has 0 spiro atoms. The average molecular weight is 242 g/mol. The number of hydrogen-bond acceptors (Lipinski definition) is 3. The molecule has 1 atom stereocenters. The van der Waals surface area contributed by atoms with Crippen molar-refractivity contribution in [2.45, 2.75) is 45.7 Å². The van der Waals surface area contributed by atoms with Crippen molar-refractivity contribution in [3.63, 3.8) is 0 Å². The Hall–Kier alpha value is -0.610. The van der Waals surface area contributed by atoms with Gasteiger partial charge in [-0.2, -0.15) is 0 Å². The van der Waals surface area contributed by atoms with Gasteiger partial charge in [-0.3, -0.25) is 4.79 Å². The summed E-state index contributed by atoms with van der Waals surface area (Å²) in [6.07, 6.45) is 1.10. The first-order valence-electron chi connectivity index (χ1n) is 6.39. The molecule has 1 rings (SSSR count). The molecule has 0 aromatic rings. The molecule has 1 unspecified atom stereocenters. The Bertz CT molecular complexity index is 264. The normalized spacial score (nSPS) is 24.1. The van der Waals surface area contributed by atoms with E-state index < -0.39 is 0 Å². The van der Waals surface area contributed by atoms with Crippen molar-refractivity contribution >= 4 is 5.91 Å². The van der Waals surface area contributed by atoms with Crippen molar-refractivity contribution in [2.75, 3.05) is 26.8 Å². The zero-order chi connectivity index (χ0) is 13.1. The minimum absolute atomic E-state index is 0.0905. The molecule has 1 amide bonds. The van der Waals surface area contributed by atoms with E-state index in [1.165, 1.54) is 0 Å². The van der Waals surface area contributed by atoms with Crippen LogP contribution in [0.5, 0.6) is 0 Å². The van der Waals surface area contributed by atoms with Gasteiger partial charge in [-0.05, 0) is 26.2 Å². The number of rotatable bonds is 4. The average Bonchev–Trinajstić information content (AvgIpc) is 2.20. The number of ether oxygens (including phenoxy) is 1. The highest BCUT2D eigenvalue weighted by atomic mass is 16.5. The molecule has 0 radical (unpaired) electrons. The lowest BCUT2D eigenvalue weighted by Crippen LogP contribution is -2.64. The number of methoxy groups -OCH3 is 1. The lowest BCUT2D eigenvalue weighted by molar-refractivity contribution is -0.143. The molecule has 0 aromatic heterocycles. The van der Waals surface area contributed by atoms with E-state index in [1.807, 2.05) is 4.90 Å². The van der Waals surface area contributed by atoms with Crippen LogP contribution in [0.1, 0.15) is 34.1 Å². The summed E-state index contributed by atoms with van der Waals surface area (Å²) in [6.45, 7) is 10.4. The molecule has 100 valence electrons. The van der Waals surface area contributed by atoms with Crippen LogP contribution in [-0.4, -0.2) is 49.2 Å². The van der Waals surface area contributed by atoms with Gasteiger partial charge >= 0.3 is 0 Å². The van der Waals surface area contributed by atoms with Crippen LogP contribution in [0.2, 0.25) is 0 Å². The largest absolute Gasteiger partial charge is 0.375 e. The SMILES string of the molecule is COCC(=O)N1CC(CC(C)C)NCC1(C)C. The Balaban J connectivity index is 2.65. The Morgan fingerprint density at radius 1 is 1.53 bits per heavy atom. The predicted molar refractivity (Wildman–Crippen MR) is 68.9 cm³/mol. The van der Waals surface area contributed by atoms with Crippen molar-refractivity contribution in [3.05, 3.63) is 0 Å². The topological polar surface area (TPSA) is 41.6 Å². The van der Waals surface area contributed by atoms with Crippen molar-refractivity contribution in [1.29, 1.82) is 0 Å². The van der Waals surface area contributed by atoms with Gasteiger partial charge in [-0.1, -0.05) is 13.8 Å². The van der Waals surface area contributed by atoms with Gasteiger partial charge in [0.1, 0.15) is 6.61 Å². The smallest absolute Gasteiger partial charge is 0.249 e. The molecule has 1 fully saturated rings. The third kappa shape index (κ3) is 3.96. The second kappa shape index (κ2) is 5.83. The van der Waals surface area contributed by atoms with Crippen molar-refractivity contribution < 1.29 is 9.53 Å². The molecule has 1 saturated heterocycles. The number of piperazine rings is 1. The van der Waals surface area contributed by atoms with E-state index in [2.05, 4.69) is 33.0 Å². The van der Waals surface area contributed by atoms with Gasteiger partial charge in [0.2, 0.25) is 5.91 Å². The van der Waals surface area contributed by atoms with E-state index >= 15 is 0 Å². The second-order valence-electron chi connectivity index (χ2n) is 5.96. The van der Waals surface area contributed by atoms with Gasteiger partial charge in [0.25, 0.3) is 0 Å². The maximum Gasteiger partial charge on any atom is 0.249 e. The Morgan fingerprint density at radius 2 is 2.18 bits per heavy atom. The lowest BCUT2D eigenvalue weighted by atomic mass is 9.93. The number of carbonyl (C=O) groups is 1. The number of nitrogens with zero attached hydrogens (tertiary/aromatic N) is 1. The molecule has 4 heteroatoms. The molecule has 17 heavy (non-hydrogen) atoms. The fourth-order valence-corrected chi connectivity index (χ4v) is 2.39. The lowest BCUT2D eigenvalue weighted by Gasteiger charge is -2.46. The summed E-state index contributed by atoms with van der Waals surface area (Å²) in [5.74, 6) is 0.737. The summed E-state index contributed by atoms with van der Waals surface area (Å²) < 4.78 is 4.95. The van der Waals surface area contributed by atoms with Crippen LogP contribution in [0.4, 0.5) is 0 Å². The van der Waals surface area contributed by atoms with Crippen LogP contribution in [0.25, 0.3) is 0 Å². The Morgan fingerprint density at radius 3 is 2.71 bits per heavy atom. The summed E-state index contributed by atoms with van der Waals surface area (Å²) in [5.41, 5.74) is -0.122. The highest BCUT2D eigenvalue weighted by Crippen LogP contribution is 2.21. The van der Waals surface area contributed by atoms with Gasteiger partial charge in [0.15, 0.2) is 0 Å². The first-order valence-corrected chi connectivity index (χ1v) is 6.39. The molecule has 1 N–H and O–H groups in total. The van der Waals surface area contributed by atoms with Crippen LogP contribution in [0, 0.1) is 5.92 Å². The summed E-state index contributed by atoms with van der Waals surface area (Å²) in [6, 6.07) is 0.406. The minimum Gasteiger partial charge on any atom is -0.375 e. The first kappa shape index (κ1) is 14.5. The van der Waals surface area contributed by atoms with E-state index in [-0.39, 0.29) is 18.1 Å².